The summed E-state index contributed by atoms with van der Waals surface area (Å²) in [5.41, 5.74) is 2.68. The summed E-state index contributed by atoms with van der Waals surface area (Å²) in [4.78, 5) is 6.97. The molecule has 5 nitrogen and oxygen atoms in total. The lowest BCUT2D eigenvalue weighted by Gasteiger charge is -2.30. The van der Waals surface area contributed by atoms with E-state index < -0.39 is 9.84 Å². The highest BCUT2D eigenvalue weighted by molar-refractivity contribution is 14.0. The summed E-state index contributed by atoms with van der Waals surface area (Å²) in [6.07, 6.45) is 4.00. The van der Waals surface area contributed by atoms with Crippen molar-refractivity contribution in [1.29, 1.82) is 0 Å². The summed E-state index contributed by atoms with van der Waals surface area (Å²) < 4.78 is 23.2. The van der Waals surface area contributed by atoms with Crippen molar-refractivity contribution < 1.29 is 8.42 Å². The minimum Gasteiger partial charge on any atom is -0.357 e. The quantitative estimate of drug-likeness (QED) is 0.402. The molecule has 0 spiro atoms. The normalized spacial score (nSPS) is 22.5. The number of sulfone groups is 1. The van der Waals surface area contributed by atoms with Gasteiger partial charge in [0.05, 0.1) is 11.5 Å². The van der Waals surface area contributed by atoms with Gasteiger partial charge >= 0.3 is 0 Å². The lowest BCUT2D eigenvalue weighted by molar-refractivity contribution is 0.437. The Labute approximate surface area is 173 Å². The minimum absolute atomic E-state index is 0. The summed E-state index contributed by atoms with van der Waals surface area (Å²) in [7, 11) is -2.83. The monoisotopic (exact) mass is 489 g/mol. The first-order valence-corrected chi connectivity index (χ1v) is 10.9. The molecule has 0 radical (unpaired) electrons. The van der Waals surface area contributed by atoms with Gasteiger partial charge in [-0.3, -0.25) is 4.99 Å². The zero-order valence-electron chi connectivity index (χ0n) is 15.2. The van der Waals surface area contributed by atoms with Crippen molar-refractivity contribution in [3.8, 4) is 0 Å². The fourth-order valence-electron chi connectivity index (χ4n) is 3.43. The second kappa shape index (κ2) is 9.73. The van der Waals surface area contributed by atoms with Gasteiger partial charge in [-0.05, 0) is 36.8 Å². The fraction of sp³-hybridized carbons (Fsp3) is 0.526. The molecule has 2 aliphatic rings. The molecule has 1 unspecified atom stereocenters. The van der Waals surface area contributed by atoms with Crippen molar-refractivity contribution in [2.24, 2.45) is 10.9 Å². The molecule has 3 rings (SSSR count). The number of nitrogens with zero attached hydrogens (tertiary/aromatic N) is 2. The van der Waals surface area contributed by atoms with E-state index in [1.807, 2.05) is 6.07 Å². The van der Waals surface area contributed by atoms with Gasteiger partial charge in [-0.2, -0.15) is 0 Å². The van der Waals surface area contributed by atoms with Gasteiger partial charge in [-0.25, -0.2) is 8.42 Å². The van der Waals surface area contributed by atoms with Crippen LogP contribution in [0.5, 0.6) is 0 Å². The number of nitrogens with one attached hydrogen (secondary N) is 1. The van der Waals surface area contributed by atoms with Crippen molar-refractivity contribution in [3.63, 3.8) is 0 Å². The van der Waals surface area contributed by atoms with Crippen LogP contribution in [0.1, 0.15) is 25.3 Å². The van der Waals surface area contributed by atoms with E-state index in [1.54, 1.807) is 0 Å². The van der Waals surface area contributed by atoms with Gasteiger partial charge in [0, 0.05) is 26.2 Å². The SMILES string of the molecule is CCNC(=NCC1CCS(=O)(=O)C1)N1CC=C(c2ccccc2)CC1.I. The largest absolute Gasteiger partial charge is 0.357 e. The van der Waals surface area contributed by atoms with Crippen molar-refractivity contribution in [3.05, 3.63) is 42.0 Å². The summed E-state index contributed by atoms with van der Waals surface area (Å²) in [6.45, 7) is 5.22. The maximum atomic E-state index is 11.6. The summed E-state index contributed by atoms with van der Waals surface area (Å²) in [6, 6.07) is 10.5. The van der Waals surface area contributed by atoms with E-state index in [2.05, 4.69) is 47.5 Å². The van der Waals surface area contributed by atoms with Gasteiger partial charge in [0.25, 0.3) is 0 Å². The molecule has 0 amide bonds. The molecule has 0 saturated carbocycles. The van der Waals surface area contributed by atoms with Crippen LogP contribution < -0.4 is 5.32 Å². The Bertz CT molecular complexity index is 747. The van der Waals surface area contributed by atoms with E-state index in [0.29, 0.717) is 12.3 Å². The number of benzene rings is 1. The average molecular weight is 489 g/mol. The lowest BCUT2D eigenvalue weighted by atomic mass is 10.00. The summed E-state index contributed by atoms with van der Waals surface area (Å²) in [5, 5.41) is 3.35. The van der Waals surface area contributed by atoms with Crippen LogP contribution in [0.25, 0.3) is 5.57 Å². The lowest BCUT2D eigenvalue weighted by Crippen LogP contribution is -2.43. The van der Waals surface area contributed by atoms with Crippen molar-refractivity contribution in [2.45, 2.75) is 19.8 Å². The molecule has 2 heterocycles. The van der Waals surface area contributed by atoms with E-state index in [4.69, 9.17) is 4.99 Å². The highest BCUT2D eigenvalue weighted by Gasteiger charge is 2.27. The summed E-state index contributed by atoms with van der Waals surface area (Å²) in [5.74, 6) is 1.67. The smallest absolute Gasteiger partial charge is 0.194 e. The zero-order valence-corrected chi connectivity index (χ0v) is 18.4. The average Bonchev–Trinajstić information content (AvgIpc) is 2.98. The predicted molar refractivity (Wildman–Crippen MR) is 119 cm³/mol. The van der Waals surface area contributed by atoms with Crippen LogP contribution in [0.15, 0.2) is 41.4 Å². The molecule has 1 saturated heterocycles. The van der Waals surface area contributed by atoms with Crippen LogP contribution in [-0.2, 0) is 9.84 Å². The standard InChI is InChI=1S/C19H27N3O2S.HI/c1-2-20-19(21-14-16-10-13-25(23,24)15-16)22-11-8-18(9-12-22)17-6-4-3-5-7-17;/h3-8,16H,2,9-15H2,1H3,(H,20,21);1H. The molecule has 0 aromatic heterocycles. The first-order chi connectivity index (χ1) is 12.1. The third-order valence-corrected chi connectivity index (χ3v) is 6.65. The van der Waals surface area contributed by atoms with Gasteiger partial charge < -0.3 is 10.2 Å². The highest BCUT2D eigenvalue weighted by Crippen LogP contribution is 2.22. The molecular weight excluding hydrogens is 461 g/mol. The highest BCUT2D eigenvalue weighted by atomic mass is 127. The second-order valence-electron chi connectivity index (χ2n) is 6.76. The second-order valence-corrected chi connectivity index (χ2v) is 8.98. The Kier molecular flexibility index (Phi) is 7.94. The van der Waals surface area contributed by atoms with Crippen molar-refractivity contribution >= 4 is 45.3 Å². The molecule has 26 heavy (non-hydrogen) atoms. The van der Waals surface area contributed by atoms with Gasteiger partial charge in [0.15, 0.2) is 15.8 Å². The maximum absolute atomic E-state index is 11.6. The molecule has 1 N–H and O–H groups in total. The third kappa shape index (κ3) is 5.70. The van der Waals surface area contributed by atoms with E-state index in [1.165, 1.54) is 11.1 Å². The van der Waals surface area contributed by atoms with Gasteiger partial charge in [0.2, 0.25) is 0 Å². The Morgan fingerprint density at radius 3 is 2.65 bits per heavy atom. The number of aliphatic imine (C=N–C) groups is 1. The molecule has 1 aromatic rings. The Morgan fingerprint density at radius 2 is 2.08 bits per heavy atom. The minimum atomic E-state index is -2.83. The molecule has 7 heteroatoms. The molecular formula is C19H28IN3O2S. The fourth-order valence-corrected chi connectivity index (χ4v) is 5.28. The van der Waals surface area contributed by atoms with Crippen LogP contribution in [0.3, 0.4) is 0 Å². The molecule has 144 valence electrons. The van der Waals surface area contributed by atoms with Gasteiger partial charge in [-0.15, -0.1) is 24.0 Å². The topological polar surface area (TPSA) is 61.8 Å². The summed E-state index contributed by atoms with van der Waals surface area (Å²) >= 11 is 0. The zero-order chi connectivity index (χ0) is 17.7. The van der Waals surface area contributed by atoms with Gasteiger partial charge in [-0.1, -0.05) is 36.4 Å². The van der Waals surface area contributed by atoms with E-state index >= 15 is 0 Å². The molecule has 0 aliphatic carbocycles. The number of guanidine groups is 1. The molecule has 1 fully saturated rings. The van der Waals surface area contributed by atoms with E-state index in [0.717, 1.165) is 38.4 Å². The third-order valence-electron chi connectivity index (χ3n) is 4.81. The first-order valence-electron chi connectivity index (χ1n) is 9.05. The molecule has 1 atom stereocenters. The van der Waals surface area contributed by atoms with Crippen LogP contribution in [0, 0.1) is 5.92 Å². The van der Waals surface area contributed by atoms with Crippen LogP contribution in [-0.4, -0.2) is 57.0 Å². The number of rotatable bonds is 4. The van der Waals surface area contributed by atoms with Crippen LogP contribution in [0.2, 0.25) is 0 Å². The van der Waals surface area contributed by atoms with Gasteiger partial charge in [0.1, 0.15) is 0 Å². The van der Waals surface area contributed by atoms with Crippen LogP contribution >= 0.6 is 24.0 Å². The number of hydrogen-bond acceptors (Lipinski definition) is 3. The Hall–Kier alpha value is -1.09. The van der Waals surface area contributed by atoms with Crippen LogP contribution in [0.4, 0.5) is 0 Å². The molecule has 0 bridgehead atoms. The molecule has 1 aromatic carbocycles. The predicted octanol–water partition coefficient (Wildman–Crippen LogP) is 2.79. The maximum Gasteiger partial charge on any atom is 0.194 e. The number of halogens is 1. The Balaban J connectivity index is 0.00000243. The van der Waals surface area contributed by atoms with Crippen molar-refractivity contribution in [1.82, 2.24) is 10.2 Å². The number of hydrogen-bond donors (Lipinski definition) is 1. The Morgan fingerprint density at radius 1 is 1.31 bits per heavy atom. The van der Waals surface area contributed by atoms with E-state index in [-0.39, 0.29) is 35.6 Å². The van der Waals surface area contributed by atoms with Crippen molar-refractivity contribution in [2.75, 3.05) is 37.7 Å². The first kappa shape index (κ1) is 21.2. The molecule has 2 aliphatic heterocycles. The van der Waals surface area contributed by atoms with E-state index in [9.17, 15) is 8.42 Å².